The van der Waals surface area contributed by atoms with Crippen molar-refractivity contribution in [2.24, 2.45) is 0 Å². The van der Waals surface area contributed by atoms with Crippen molar-refractivity contribution in [3.8, 4) is 16.9 Å². The number of esters is 1. The normalized spacial score (nSPS) is 11.0. The van der Waals surface area contributed by atoms with E-state index < -0.39 is 11.8 Å². The number of nitrogens with zero attached hydrogens (tertiary/aromatic N) is 4. The first kappa shape index (κ1) is 21.7. The average molecular weight is 519 g/mol. The zero-order chi connectivity index (χ0) is 23.7. The van der Waals surface area contributed by atoms with Crippen LogP contribution < -0.4 is 5.56 Å². The summed E-state index contributed by atoms with van der Waals surface area (Å²) in [6.07, 6.45) is 3.18. The fourth-order valence-corrected chi connectivity index (χ4v) is 3.81. The standard InChI is InChI=1S/C25H16BrFN4O3/c26-17-8-11-22-28-19(12-23(32)30(22)13-17)15-34-25(33)21-14-31(20-4-2-1-3-5-20)29-24(21)16-6-9-18(27)10-7-16/h1-14H,15H2. The van der Waals surface area contributed by atoms with E-state index in [2.05, 4.69) is 26.0 Å². The van der Waals surface area contributed by atoms with Crippen molar-refractivity contribution in [3.05, 3.63) is 117 Å². The van der Waals surface area contributed by atoms with Gasteiger partial charge in [-0.25, -0.2) is 18.9 Å². The summed E-state index contributed by atoms with van der Waals surface area (Å²) in [6.45, 7) is -0.194. The lowest BCUT2D eigenvalue weighted by Crippen LogP contribution is -2.16. The smallest absolute Gasteiger partial charge is 0.342 e. The van der Waals surface area contributed by atoms with Crippen molar-refractivity contribution >= 4 is 27.5 Å². The molecule has 5 aromatic rings. The van der Waals surface area contributed by atoms with Gasteiger partial charge in [0.2, 0.25) is 0 Å². The molecule has 5 rings (SSSR count). The van der Waals surface area contributed by atoms with Gasteiger partial charge in [-0.05, 0) is 64.5 Å². The minimum absolute atomic E-state index is 0.194. The van der Waals surface area contributed by atoms with Crippen LogP contribution in [0.2, 0.25) is 0 Å². The van der Waals surface area contributed by atoms with Crippen LogP contribution in [0.3, 0.4) is 0 Å². The van der Waals surface area contributed by atoms with Crippen LogP contribution in [0.15, 0.2) is 94.5 Å². The number of halogens is 2. The predicted molar refractivity (Wildman–Crippen MR) is 127 cm³/mol. The molecule has 0 aliphatic carbocycles. The van der Waals surface area contributed by atoms with E-state index in [0.29, 0.717) is 22.6 Å². The average Bonchev–Trinajstić information content (AvgIpc) is 3.30. The molecule has 3 aromatic heterocycles. The van der Waals surface area contributed by atoms with Crippen molar-refractivity contribution in [3.63, 3.8) is 0 Å². The fraction of sp³-hybridized carbons (Fsp3) is 0.0400. The van der Waals surface area contributed by atoms with E-state index in [4.69, 9.17) is 4.74 Å². The highest BCUT2D eigenvalue weighted by Gasteiger charge is 2.20. The second-order valence-electron chi connectivity index (χ2n) is 7.42. The van der Waals surface area contributed by atoms with Gasteiger partial charge < -0.3 is 4.74 Å². The van der Waals surface area contributed by atoms with Crippen LogP contribution in [0.5, 0.6) is 0 Å². The Hall–Kier alpha value is -4.11. The summed E-state index contributed by atoms with van der Waals surface area (Å²) >= 11 is 3.32. The lowest BCUT2D eigenvalue weighted by atomic mass is 10.1. The zero-order valence-electron chi connectivity index (χ0n) is 17.6. The molecule has 0 fully saturated rings. The van der Waals surface area contributed by atoms with E-state index in [0.717, 1.165) is 10.2 Å². The van der Waals surface area contributed by atoms with Gasteiger partial charge in [-0.15, -0.1) is 0 Å². The van der Waals surface area contributed by atoms with E-state index in [1.54, 1.807) is 41.3 Å². The van der Waals surface area contributed by atoms with Gasteiger partial charge in [0, 0.05) is 28.5 Å². The summed E-state index contributed by atoms with van der Waals surface area (Å²) in [6, 6.07) is 19.8. The van der Waals surface area contributed by atoms with Gasteiger partial charge in [0.25, 0.3) is 5.56 Å². The summed E-state index contributed by atoms with van der Waals surface area (Å²) < 4.78 is 22.6. The summed E-state index contributed by atoms with van der Waals surface area (Å²) in [4.78, 5) is 29.8. The molecule has 34 heavy (non-hydrogen) atoms. The van der Waals surface area contributed by atoms with Crippen LogP contribution in [0, 0.1) is 5.82 Å². The first-order valence-corrected chi connectivity index (χ1v) is 11.0. The maximum atomic E-state index is 13.5. The number of carbonyl (C=O) groups is 1. The molecule has 0 spiro atoms. The van der Waals surface area contributed by atoms with E-state index >= 15 is 0 Å². The summed E-state index contributed by atoms with van der Waals surface area (Å²) in [5, 5.41) is 4.54. The minimum Gasteiger partial charge on any atom is -0.455 e. The summed E-state index contributed by atoms with van der Waals surface area (Å²) in [7, 11) is 0. The van der Waals surface area contributed by atoms with E-state index in [-0.39, 0.29) is 17.7 Å². The van der Waals surface area contributed by atoms with Crippen LogP contribution in [-0.2, 0) is 11.3 Å². The van der Waals surface area contributed by atoms with Gasteiger partial charge in [-0.1, -0.05) is 18.2 Å². The molecule has 0 atom stereocenters. The molecule has 2 aromatic carbocycles. The van der Waals surface area contributed by atoms with Crippen LogP contribution >= 0.6 is 15.9 Å². The summed E-state index contributed by atoms with van der Waals surface area (Å²) in [5.74, 6) is -1.03. The number of benzene rings is 2. The maximum absolute atomic E-state index is 13.5. The Kier molecular flexibility index (Phi) is 5.77. The topological polar surface area (TPSA) is 78.5 Å². The molecule has 0 N–H and O–H groups in total. The van der Waals surface area contributed by atoms with Crippen LogP contribution in [0.4, 0.5) is 4.39 Å². The van der Waals surface area contributed by atoms with Crippen LogP contribution in [-0.4, -0.2) is 25.1 Å². The quantitative estimate of drug-likeness (QED) is 0.312. The monoisotopic (exact) mass is 518 g/mol. The van der Waals surface area contributed by atoms with Crippen molar-refractivity contribution in [1.29, 1.82) is 0 Å². The van der Waals surface area contributed by atoms with E-state index in [1.807, 2.05) is 30.3 Å². The third-order valence-corrected chi connectivity index (χ3v) is 5.57. The summed E-state index contributed by atoms with van der Waals surface area (Å²) in [5.41, 5.74) is 2.34. The van der Waals surface area contributed by atoms with Crippen molar-refractivity contribution in [2.75, 3.05) is 0 Å². The SMILES string of the molecule is O=C(OCc1cc(=O)n2cc(Br)ccc2n1)c1cn(-c2ccccc2)nc1-c1ccc(F)cc1. The van der Waals surface area contributed by atoms with Gasteiger partial charge in [-0.2, -0.15) is 5.10 Å². The number of hydrogen-bond acceptors (Lipinski definition) is 5. The van der Waals surface area contributed by atoms with Gasteiger partial charge in [0.15, 0.2) is 0 Å². The highest BCUT2D eigenvalue weighted by atomic mass is 79.9. The predicted octanol–water partition coefficient (Wildman–Crippen LogP) is 4.81. The fourth-order valence-electron chi connectivity index (χ4n) is 3.47. The first-order valence-electron chi connectivity index (χ1n) is 10.2. The number of rotatable bonds is 5. The molecule has 0 saturated carbocycles. The molecule has 0 radical (unpaired) electrons. The Labute approximate surface area is 201 Å². The largest absolute Gasteiger partial charge is 0.455 e. The van der Waals surface area contributed by atoms with Crippen LogP contribution in [0.25, 0.3) is 22.6 Å². The second kappa shape index (κ2) is 9.03. The molecule has 0 unspecified atom stereocenters. The number of para-hydroxylation sites is 1. The molecule has 7 nitrogen and oxygen atoms in total. The Morgan fingerprint density at radius 2 is 1.76 bits per heavy atom. The van der Waals surface area contributed by atoms with E-state index in [1.165, 1.54) is 22.6 Å². The Balaban J connectivity index is 1.46. The number of hydrogen-bond donors (Lipinski definition) is 0. The van der Waals surface area contributed by atoms with E-state index in [9.17, 15) is 14.0 Å². The minimum atomic E-state index is -0.640. The Morgan fingerprint density at radius 3 is 2.53 bits per heavy atom. The molecule has 0 amide bonds. The molecule has 168 valence electrons. The Bertz CT molecular complexity index is 1560. The molecule has 0 saturated heterocycles. The molecule has 9 heteroatoms. The molecule has 3 heterocycles. The molecule has 0 aliphatic rings. The second-order valence-corrected chi connectivity index (χ2v) is 8.33. The highest BCUT2D eigenvalue weighted by Crippen LogP contribution is 2.25. The molecular weight excluding hydrogens is 503 g/mol. The third-order valence-electron chi connectivity index (χ3n) is 5.10. The number of ether oxygens (including phenoxy) is 1. The van der Waals surface area contributed by atoms with Crippen molar-refractivity contribution in [1.82, 2.24) is 19.2 Å². The third kappa shape index (κ3) is 4.38. The lowest BCUT2D eigenvalue weighted by Gasteiger charge is -2.06. The number of carbonyl (C=O) groups excluding carboxylic acids is 1. The molecule has 0 bridgehead atoms. The zero-order valence-corrected chi connectivity index (χ0v) is 19.1. The van der Waals surface area contributed by atoms with Gasteiger partial charge in [0.1, 0.15) is 29.3 Å². The lowest BCUT2D eigenvalue weighted by molar-refractivity contribution is 0.0468. The number of aromatic nitrogens is 4. The molecule has 0 aliphatic heterocycles. The maximum Gasteiger partial charge on any atom is 0.342 e. The van der Waals surface area contributed by atoms with Gasteiger partial charge in [0.05, 0.1) is 11.4 Å². The first-order chi connectivity index (χ1) is 16.5. The highest BCUT2D eigenvalue weighted by molar-refractivity contribution is 9.10. The van der Waals surface area contributed by atoms with Crippen LogP contribution in [0.1, 0.15) is 16.1 Å². The number of fused-ring (bicyclic) bond motifs is 1. The van der Waals surface area contributed by atoms with Gasteiger partial charge >= 0.3 is 5.97 Å². The van der Waals surface area contributed by atoms with Crippen molar-refractivity contribution < 1.29 is 13.9 Å². The Morgan fingerprint density at radius 1 is 1.00 bits per heavy atom. The molecular formula is C25H16BrFN4O3. The van der Waals surface area contributed by atoms with Gasteiger partial charge in [-0.3, -0.25) is 9.20 Å². The number of pyridine rings is 1. The van der Waals surface area contributed by atoms with Crippen molar-refractivity contribution in [2.45, 2.75) is 6.61 Å².